The Morgan fingerprint density at radius 2 is 1.73 bits per heavy atom. The maximum Gasteiger partial charge on any atom is 0.0484 e. The summed E-state index contributed by atoms with van der Waals surface area (Å²) in [7, 11) is 0. The highest BCUT2D eigenvalue weighted by Crippen LogP contribution is 2.29. The second-order valence-corrected chi connectivity index (χ2v) is 5.60. The molecule has 2 rings (SSSR count). The molecule has 0 aromatic rings. The Morgan fingerprint density at radius 3 is 2.33 bits per heavy atom. The first kappa shape index (κ1) is 11.4. The fraction of sp³-hybridized carbons (Fsp3) is 1.00. The van der Waals surface area contributed by atoms with Crippen LogP contribution in [0.4, 0.5) is 0 Å². The summed E-state index contributed by atoms with van der Waals surface area (Å²) >= 11 is 0. The van der Waals surface area contributed by atoms with E-state index in [1.165, 1.54) is 25.7 Å². The monoisotopic (exact) mass is 212 g/mol. The molecule has 1 saturated carbocycles. The Balaban J connectivity index is 1.80. The number of hydrogen-bond donors (Lipinski definition) is 2. The Labute approximate surface area is 92.7 Å². The van der Waals surface area contributed by atoms with Gasteiger partial charge in [0.15, 0.2) is 0 Å². The molecule has 0 unspecified atom stereocenters. The zero-order valence-electron chi connectivity index (χ0n) is 9.85. The summed E-state index contributed by atoms with van der Waals surface area (Å²) in [5.74, 6) is 0. The molecule has 0 bridgehead atoms. The summed E-state index contributed by atoms with van der Waals surface area (Å²) in [5.41, 5.74) is 6.68. The van der Waals surface area contributed by atoms with E-state index in [-0.39, 0.29) is 5.54 Å². The largest absolute Gasteiger partial charge is 0.381 e. The van der Waals surface area contributed by atoms with Crippen molar-refractivity contribution in [3.63, 3.8) is 0 Å². The Bertz CT molecular complexity index is 206. The molecule has 88 valence electrons. The van der Waals surface area contributed by atoms with Crippen molar-refractivity contribution < 1.29 is 4.74 Å². The van der Waals surface area contributed by atoms with Crippen LogP contribution in [-0.2, 0) is 4.74 Å². The Hall–Kier alpha value is -0.120. The number of ether oxygens (including phenoxy) is 1. The molecule has 15 heavy (non-hydrogen) atoms. The van der Waals surface area contributed by atoms with Gasteiger partial charge in [0.2, 0.25) is 0 Å². The minimum absolute atomic E-state index is 0.0240. The highest BCUT2D eigenvalue weighted by atomic mass is 16.5. The maximum absolute atomic E-state index is 6.35. The van der Waals surface area contributed by atoms with Crippen LogP contribution in [0.15, 0.2) is 0 Å². The third-order valence-electron chi connectivity index (χ3n) is 4.06. The van der Waals surface area contributed by atoms with Gasteiger partial charge in [0, 0.05) is 30.8 Å². The number of rotatable bonds is 3. The van der Waals surface area contributed by atoms with E-state index < -0.39 is 0 Å². The molecule has 1 aliphatic carbocycles. The molecule has 0 spiro atoms. The molecule has 3 nitrogen and oxygen atoms in total. The molecule has 1 heterocycles. The van der Waals surface area contributed by atoms with Crippen molar-refractivity contribution in [3.8, 4) is 0 Å². The molecule has 0 aromatic heterocycles. The number of nitrogens with two attached hydrogens (primary N) is 1. The minimum atomic E-state index is -0.0240. The van der Waals surface area contributed by atoms with Crippen molar-refractivity contribution in [1.29, 1.82) is 0 Å². The van der Waals surface area contributed by atoms with Gasteiger partial charge in [0.25, 0.3) is 0 Å². The smallest absolute Gasteiger partial charge is 0.0484 e. The van der Waals surface area contributed by atoms with E-state index in [9.17, 15) is 0 Å². The molecule has 0 atom stereocenters. The summed E-state index contributed by atoms with van der Waals surface area (Å²) < 4.78 is 5.35. The molecule has 2 aliphatic rings. The molecule has 0 aromatic carbocycles. The predicted octanol–water partition coefficient (Wildman–Crippen LogP) is 1.42. The first-order chi connectivity index (χ1) is 7.12. The van der Waals surface area contributed by atoms with Crippen molar-refractivity contribution in [2.24, 2.45) is 5.73 Å². The normalized spacial score (nSPS) is 29.2. The zero-order valence-corrected chi connectivity index (χ0v) is 9.85. The third-order valence-corrected chi connectivity index (χ3v) is 4.06. The fourth-order valence-electron chi connectivity index (χ4n) is 2.68. The lowest BCUT2D eigenvalue weighted by Crippen LogP contribution is -2.56. The van der Waals surface area contributed by atoms with E-state index in [1.807, 2.05) is 0 Å². The lowest BCUT2D eigenvalue weighted by molar-refractivity contribution is 0.0503. The minimum Gasteiger partial charge on any atom is -0.381 e. The number of nitrogens with one attached hydrogen (secondary N) is 1. The van der Waals surface area contributed by atoms with E-state index in [2.05, 4.69) is 12.2 Å². The molecule has 3 heteroatoms. The first-order valence-corrected chi connectivity index (χ1v) is 6.24. The van der Waals surface area contributed by atoms with Gasteiger partial charge in [-0.2, -0.15) is 0 Å². The quantitative estimate of drug-likeness (QED) is 0.743. The molecule has 0 amide bonds. The predicted molar refractivity (Wildman–Crippen MR) is 61.8 cm³/mol. The Kier molecular flexibility index (Phi) is 3.33. The van der Waals surface area contributed by atoms with E-state index >= 15 is 0 Å². The Morgan fingerprint density at radius 1 is 1.13 bits per heavy atom. The molecule has 3 N–H and O–H groups in total. The standard InChI is InChI=1S/C12H24N2O/c1-11(4-2-3-5-11)14-10-12(13)6-8-15-9-7-12/h14H,2-10,13H2,1H3. The van der Waals surface area contributed by atoms with Gasteiger partial charge in [0.05, 0.1) is 0 Å². The van der Waals surface area contributed by atoms with Crippen LogP contribution in [-0.4, -0.2) is 30.8 Å². The maximum atomic E-state index is 6.35. The summed E-state index contributed by atoms with van der Waals surface area (Å²) in [6, 6.07) is 0. The summed E-state index contributed by atoms with van der Waals surface area (Å²) in [6.45, 7) is 4.94. The average Bonchev–Trinajstić information content (AvgIpc) is 2.65. The third kappa shape index (κ3) is 2.92. The SMILES string of the molecule is CC1(NCC2(N)CCOCC2)CCCC1. The summed E-state index contributed by atoms with van der Waals surface area (Å²) in [5, 5.41) is 3.69. The van der Waals surface area contributed by atoms with Crippen LogP contribution in [0.2, 0.25) is 0 Å². The second kappa shape index (κ2) is 4.40. The van der Waals surface area contributed by atoms with Crippen molar-refractivity contribution >= 4 is 0 Å². The topological polar surface area (TPSA) is 47.3 Å². The second-order valence-electron chi connectivity index (χ2n) is 5.60. The summed E-state index contributed by atoms with van der Waals surface area (Å²) in [4.78, 5) is 0. The van der Waals surface area contributed by atoms with Crippen LogP contribution in [0.3, 0.4) is 0 Å². The van der Waals surface area contributed by atoms with Crippen molar-refractivity contribution in [3.05, 3.63) is 0 Å². The highest BCUT2D eigenvalue weighted by molar-refractivity contribution is 4.95. The van der Waals surface area contributed by atoms with Gasteiger partial charge in [-0.1, -0.05) is 12.8 Å². The van der Waals surface area contributed by atoms with Gasteiger partial charge >= 0.3 is 0 Å². The highest BCUT2D eigenvalue weighted by Gasteiger charge is 2.33. The van der Waals surface area contributed by atoms with Crippen LogP contribution in [0.5, 0.6) is 0 Å². The van der Waals surface area contributed by atoms with Gasteiger partial charge in [0.1, 0.15) is 0 Å². The summed E-state index contributed by atoms with van der Waals surface area (Å²) in [6.07, 6.45) is 7.33. The lowest BCUT2D eigenvalue weighted by atomic mass is 9.89. The van der Waals surface area contributed by atoms with Gasteiger partial charge in [-0.3, -0.25) is 0 Å². The van der Waals surface area contributed by atoms with Gasteiger partial charge in [-0.15, -0.1) is 0 Å². The van der Waals surface area contributed by atoms with Crippen molar-refractivity contribution in [2.75, 3.05) is 19.8 Å². The van der Waals surface area contributed by atoms with Crippen molar-refractivity contribution in [2.45, 2.75) is 56.5 Å². The van der Waals surface area contributed by atoms with Gasteiger partial charge in [-0.05, 0) is 32.6 Å². The molecule has 1 aliphatic heterocycles. The lowest BCUT2D eigenvalue weighted by Gasteiger charge is -2.37. The zero-order chi connectivity index (χ0) is 10.8. The van der Waals surface area contributed by atoms with Crippen LogP contribution in [0, 0.1) is 0 Å². The molecular formula is C12H24N2O. The van der Waals surface area contributed by atoms with Crippen LogP contribution >= 0.6 is 0 Å². The fourth-order valence-corrected chi connectivity index (χ4v) is 2.68. The molecular weight excluding hydrogens is 188 g/mol. The van der Waals surface area contributed by atoms with Gasteiger partial charge in [-0.25, -0.2) is 0 Å². The molecule has 0 radical (unpaired) electrons. The first-order valence-electron chi connectivity index (χ1n) is 6.24. The van der Waals surface area contributed by atoms with Crippen LogP contribution < -0.4 is 11.1 Å². The number of hydrogen-bond acceptors (Lipinski definition) is 3. The van der Waals surface area contributed by atoms with E-state index in [0.29, 0.717) is 5.54 Å². The van der Waals surface area contributed by atoms with E-state index in [0.717, 1.165) is 32.6 Å². The average molecular weight is 212 g/mol. The van der Waals surface area contributed by atoms with E-state index in [4.69, 9.17) is 10.5 Å². The van der Waals surface area contributed by atoms with Gasteiger partial charge < -0.3 is 15.8 Å². The van der Waals surface area contributed by atoms with Crippen molar-refractivity contribution in [1.82, 2.24) is 5.32 Å². The van der Waals surface area contributed by atoms with E-state index in [1.54, 1.807) is 0 Å². The van der Waals surface area contributed by atoms with Crippen LogP contribution in [0.1, 0.15) is 45.4 Å². The molecule has 2 fully saturated rings. The van der Waals surface area contributed by atoms with Crippen LogP contribution in [0.25, 0.3) is 0 Å². The molecule has 1 saturated heterocycles.